The Balaban J connectivity index is 2.71. The van der Waals surface area contributed by atoms with Crippen molar-refractivity contribution in [3.8, 4) is 11.8 Å². The highest BCUT2D eigenvalue weighted by atomic mass is 32.1. The molecule has 0 saturated heterocycles. The summed E-state index contributed by atoms with van der Waals surface area (Å²) < 4.78 is 6.81. The molecule has 0 saturated carbocycles. The number of carbonyl (C=O) groups is 1. The monoisotopic (exact) mass is 299 g/mol. The molecular weight excluding hydrogens is 286 g/mol. The summed E-state index contributed by atoms with van der Waals surface area (Å²) in [5.41, 5.74) is 6.91. The molecule has 0 aliphatic heterocycles. The lowest BCUT2D eigenvalue weighted by atomic mass is 10.1. The first-order valence-electron chi connectivity index (χ1n) is 6.28. The maximum Gasteiger partial charge on any atom is 0.339 e. The first-order chi connectivity index (χ1) is 10.1. The number of ether oxygens (including phenoxy) is 1. The molecule has 0 bridgehead atoms. The van der Waals surface area contributed by atoms with Gasteiger partial charge in [0.25, 0.3) is 0 Å². The van der Waals surface area contributed by atoms with E-state index in [-0.39, 0.29) is 23.6 Å². The second-order valence-electron chi connectivity index (χ2n) is 4.16. The summed E-state index contributed by atoms with van der Waals surface area (Å²) in [4.78, 5) is 11.9. The molecule has 2 aromatic rings. The third-order valence-electron chi connectivity index (χ3n) is 2.88. The van der Waals surface area contributed by atoms with Crippen LogP contribution in [0.1, 0.15) is 22.8 Å². The highest BCUT2D eigenvalue weighted by Gasteiger charge is 2.19. The number of hydrogen-bond acceptors (Lipinski definition) is 5. The zero-order chi connectivity index (χ0) is 15.4. The third kappa shape index (κ3) is 2.78. The van der Waals surface area contributed by atoms with E-state index in [9.17, 15) is 10.1 Å². The largest absolute Gasteiger partial charge is 0.462 e. The van der Waals surface area contributed by atoms with Crippen molar-refractivity contribution in [3.63, 3.8) is 0 Å². The fourth-order valence-corrected chi connectivity index (χ4v) is 2.28. The highest BCUT2D eigenvalue weighted by Crippen LogP contribution is 2.22. The van der Waals surface area contributed by atoms with Gasteiger partial charge in [0.15, 0.2) is 0 Å². The van der Waals surface area contributed by atoms with Crippen molar-refractivity contribution in [1.82, 2.24) is 4.57 Å². The molecule has 0 unspecified atom stereocenters. The summed E-state index contributed by atoms with van der Waals surface area (Å²) in [5, 5.41) is 9.29. The summed E-state index contributed by atoms with van der Waals surface area (Å²) in [7, 11) is 0. The topological polar surface area (TPSA) is 81.0 Å². The number of anilines is 1. The minimum absolute atomic E-state index is 0.0610. The van der Waals surface area contributed by atoms with Gasteiger partial charge in [-0.25, -0.2) is 4.79 Å². The van der Waals surface area contributed by atoms with E-state index in [0.29, 0.717) is 4.64 Å². The average Bonchev–Trinajstić information content (AvgIpc) is 2.48. The number of nitrogens with two attached hydrogens (primary N) is 1. The summed E-state index contributed by atoms with van der Waals surface area (Å²) in [6.45, 7) is 1.90. The van der Waals surface area contributed by atoms with Crippen molar-refractivity contribution in [2.45, 2.75) is 6.92 Å². The van der Waals surface area contributed by atoms with Crippen LogP contribution >= 0.6 is 12.2 Å². The second-order valence-corrected chi connectivity index (χ2v) is 4.58. The normalized spacial score (nSPS) is 9.90. The first kappa shape index (κ1) is 14.8. The Bertz CT molecular complexity index is 776. The van der Waals surface area contributed by atoms with Crippen LogP contribution in [0.15, 0.2) is 36.4 Å². The number of para-hydroxylation sites is 1. The molecule has 1 aromatic carbocycles. The SMILES string of the molecule is CCOC(=O)c1cc(=S)n(-c2ccccc2)c(N)c1C#N. The summed E-state index contributed by atoms with van der Waals surface area (Å²) in [6.07, 6.45) is 0. The van der Waals surface area contributed by atoms with Gasteiger partial charge in [-0.1, -0.05) is 30.4 Å². The summed E-state index contributed by atoms with van der Waals surface area (Å²) >= 11 is 5.29. The van der Waals surface area contributed by atoms with Crippen molar-refractivity contribution >= 4 is 24.0 Å². The van der Waals surface area contributed by atoms with Gasteiger partial charge in [-0.3, -0.25) is 4.57 Å². The van der Waals surface area contributed by atoms with E-state index in [1.54, 1.807) is 11.5 Å². The van der Waals surface area contributed by atoms with Crippen LogP contribution in [0.25, 0.3) is 5.69 Å². The Labute approximate surface area is 127 Å². The molecule has 0 radical (unpaired) electrons. The molecule has 1 heterocycles. The third-order valence-corrected chi connectivity index (χ3v) is 3.18. The number of esters is 1. The van der Waals surface area contributed by atoms with Crippen molar-refractivity contribution in [2.75, 3.05) is 12.3 Å². The Morgan fingerprint density at radius 3 is 2.67 bits per heavy atom. The molecule has 6 heteroatoms. The van der Waals surface area contributed by atoms with Crippen LogP contribution in [-0.4, -0.2) is 17.1 Å². The van der Waals surface area contributed by atoms with Crippen molar-refractivity contribution in [2.24, 2.45) is 0 Å². The smallest absolute Gasteiger partial charge is 0.339 e. The fourth-order valence-electron chi connectivity index (χ4n) is 1.96. The molecule has 21 heavy (non-hydrogen) atoms. The number of benzene rings is 1. The lowest BCUT2D eigenvalue weighted by Gasteiger charge is -2.14. The van der Waals surface area contributed by atoms with Crippen LogP contribution in [-0.2, 0) is 4.74 Å². The number of aromatic nitrogens is 1. The highest BCUT2D eigenvalue weighted by molar-refractivity contribution is 7.71. The van der Waals surface area contributed by atoms with E-state index in [1.165, 1.54) is 6.07 Å². The van der Waals surface area contributed by atoms with E-state index >= 15 is 0 Å². The summed E-state index contributed by atoms with van der Waals surface area (Å²) in [5.74, 6) is -0.480. The molecule has 0 aliphatic rings. The van der Waals surface area contributed by atoms with Gasteiger partial charge in [0.2, 0.25) is 0 Å². The minimum Gasteiger partial charge on any atom is -0.462 e. The van der Waals surface area contributed by atoms with Gasteiger partial charge >= 0.3 is 5.97 Å². The number of pyridine rings is 1. The van der Waals surface area contributed by atoms with Crippen LogP contribution in [0.3, 0.4) is 0 Å². The van der Waals surface area contributed by atoms with Crippen molar-refractivity contribution in [1.29, 1.82) is 5.26 Å². The van der Waals surface area contributed by atoms with E-state index in [4.69, 9.17) is 22.7 Å². The molecule has 2 N–H and O–H groups in total. The molecule has 0 spiro atoms. The zero-order valence-electron chi connectivity index (χ0n) is 11.4. The molecule has 2 rings (SSSR count). The van der Waals surface area contributed by atoms with Crippen molar-refractivity contribution in [3.05, 3.63) is 52.2 Å². The van der Waals surface area contributed by atoms with Gasteiger partial charge in [-0.15, -0.1) is 0 Å². The molecule has 5 nitrogen and oxygen atoms in total. The fraction of sp³-hybridized carbons (Fsp3) is 0.133. The van der Waals surface area contributed by atoms with E-state index < -0.39 is 5.97 Å². The lowest BCUT2D eigenvalue weighted by molar-refractivity contribution is 0.0526. The molecule has 106 valence electrons. The number of nitrogens with zero attached hydrogens (tertiary/aromatic N) is 2. The predicted octanol–water partition coefficient (Wildman–Crippen LogP) is 2.84. The molecule has 0 atom stereocenters. The van der Waals surface area contributed by atoms with Gasteiger partial charge < -0.3 is 10.5 Å². The molecule has 0 amide bonds. The number of nitrogen functional groups attached to an aromatic ring is 1. The number of hydrogen-bond donors (Lipinski definition) is 1. The quantitative estimate of drug-likeness (QED) is 0.696. The predicted molar refractivity (Wildman–Crippen MR) is 81.7 cm³/mol. The van der Waals surface area contributed by atoms with Crippen LogP contribution in [0.4, 0.5) is 5.82 Å². The first-order valence-corrected chi connectivity index (χ1v) is 6.69. The Hall–Kier alpha value is -2.65. The Morgan fingerprint density at radius 1 is 1.43 bits per heavy atom. The number of nitriles is 1. The van der Waals surface area contributed by atoms with E-state index in [1.807, 2.05) is 36.4 Å². The molecule has 0 fully saturated rings. The van der Waals surface area contributed by atoms with Crippen LogP contribution in [0, 0.1) is 16.0 Å². The summed E-state index contributed by atoms with van der Waals surface area (Å²) in [6, 6.07) is 12.6. The molecule has 1 aromatic heterocycles. The maximum absolute atomic E-state index is 11.9. The second kappa shape index (κ2) is 6.20. The number of rotatable bonds is 3. The lowest BCUT2D eigenvalue weighted by Crippen LogP contribution is -2.14. The van der Waals surface area contributed by atoms with Gasteiger partial charge in [0, 0.05) is 5.69 Å². The zero-order valence-corrected chi connectivity index (χ0v) is 12.2. The average molecular weight is 299 g/mol. The molecule has 0 aliphatic carbocycles. The van der Waals surface area contributed by atoms with E-state index in [0.717, 1.165) is 5.69 Å². The Morgan fingerprint density at radius 2 is 2.10 bits per heavy atom. The van der Waals surface area contributed by atoms with Gasteiger partial charge in [0.05, 0.1) is 12.2 Å². The van der Waals surface area contributed by atoms with Gasteiger partial charge in [0.1, 0.15) is 22.1 Å². The maximum atomic E-state index is 11.9. The minimum atomic E-state index is -0.605. The van der Waals surface area contributed by atoms with Gasteiger partial charge in [-0.2, -0.15) is 5.26 Å². The van der Waals surface area contributed by atoms with Gasteiger partial charge in [-0.05, 0) is 25.1 Å². The van der Waals surface area contributed by atoms with Crippen LogP contribution in [0.2, 0.25) is 0 Å². The van der Waals surface area contributed by atoms with Crippen molar-refractivity contribution < 1.29 is 9.53 Å². The van der Waals surface area contributed by atoms with Crippen LogP contribution in [0.5, 0.6) is 0 Å². The Kier molecular flexibility index (Phi) is 4.36. The number of carbonyl (C=O) groups excluding carboxylic acids is 1. The van der Waals surface area contributed by atoms with E-state index in [2.05, 4.69) is 0 Å². The standard InChI is InChI=1S/C15H13N3O2S/c1-2-20-15(19)11-8-13(21)18(14(17)12(11)9-16)10-6-4-3-5-7-10/h3-8H,2,17H2,1H3. The molecular formula is C15H13N3O2S. The van der Waals surface area contributed by atoms with Crippen LogP contribution < -0.4 is 5.73 Å².